The molecule has 0 radical (unpaired) electrons. The standard InChI is InChI=1S/C24H35N3O2/c1-19-8-7-11-23(20(19)2)25-14-16-26(17-15-25)24(29)18-27(21(3)28)13-12-22-9-5-4-6-10-22/h7-9,11H,4-6,10,12-18H2,1-3H3. The molecule has 1 heterocycles. The smallest absolute Gasteiger partial charge is 0.242 e. The van der Waals surface area contributed by atoms with E-state index < -0.39 is 0 Å². The number of amides is 2. The molecule has 1 aliphatic carbocycles. The third-order valence-corrected chi connectivity index (χ3v) is 6.41. The van der Waals surface area contributed by atoms with Gasteiger partial charge in [-0.05, 0) is 63.1 Å². The molecular formula is C24H35N3O2. The maximum absolute atomic E-state index is 12.8. The third kappa shape index (κ3) is 5.62. The van der Waals surface area contributed by atoms with Crippen LogP contribution in [0.5, 0.6) is 0 Å². The summed E-state index contributed by atoms with van der Waals surface area (Å²) in [5, 5.41) is 0. The van der Waals surface area contributed by atoms with Gasteiger partial charge in [-0.15, -0.1) is 0 Å². The number of hydrogen-bond donors (Lipinski definition) is 0. The van der Waals surface area contributed by atoms with E-state index in [0.29, 0.717) is 19.6 Å². The van der Waals surface area contributed by atoms with E-state index in [4.69, 9.17) is 0 Å². The van der Waals surface area contributed by atoms with Gasteiger partial charge < -0.3 is 14.7 Å². The molecule has 1 saturated heterocycles. The van der Waals surface area contributed by atoms with E-state index in [1.165, 1.54) is 35.2 Å². The van der Waals surface area contributed by atoms with Gasteiger partial charge in [0.15, 0.2) is 0 Å². The van der Waals surface area contributed by atoms with Crippen molar-refractivity contribution in [3.63, 3.8) is 0 Å². The number of rotatable bonds is 6. The normalized spacial score (nSPS) is 17.1. The van der Waals surface area contributed by atoms with Gasteiger partial charge in [-0.2, -0.15) is 0 Å². The van der Waals surface area contributed by atoms with Crippen molar-refractivity contribution in [1.82, 2.24) is 9.80 Å². The van der Waals surface area contributed by atoms with Crippen molar-refractivity contribution < 1.29 is 9.59 Å². The Morgan fingerprint density at radius 2 is 1.83 bits per heavy atom. The molecule has 0 saturated carbocycles. The highest BCUT2D eigenvalue weighted by Gasteiger charge is 2.24. The Labute approximate surface area is 175 Å². The lowest BCUT2D eigenvalue weighted by molar-refractivity contribution is -0.139. The molecule has 3 rings (SSSR count). The minimum absolute atomic E-state index is 0.0104. The van der Waals surface area contributed by atoms with Crippen LogP contribution in [0.3, 0.4) is 0 Å². The molecule has 1 aromatic carbocycles. The SMILES string of the molecule is CC(=O)N(CCC1=CCCCC1)CC(=O)N1CCN(c2cccc(C)c2C)CC1. The quantitative estimate of drug-likeness (QED) is 0.688. The highest BCUT2D eigenvalue weighted by atomic mass is 16.2. The number of carbonyl (C=O) groups is 2. The Bertz CT molecular complexity index is 763. The molecule has 2 aliphatic rings. The van der Waals surface area contributed by atoms with Crippen LogP contribution in [0.1, 0.15) is 50.2 Å². The first kappa shape index (κ1) is 21.4. The van der Waals surface area contributed by atoms with Crippen LogP contribution >= 0.6 is 0 Å². The van der Waals surface area contributed by atoms with Crippen molar-refractivity contribution in [2.24, 2.45) is 0 Å². The summed E-state index contributed by atoms with van der Waals surface area (Å²) in [5.74, 6) is 0.0576. The van der Waals surface area contributed by atoms with Gasteiger partial charge in [0.05, 0.1) is 6.54 Å². The second-order valence-electron chi connectivity index (χ2n) is 8.39. The molecule has 5 nitrogen and oxygen atoms in total. The summed E-state index contributed by atoms with van der Waals surface area (Å²) in [4.78, 5) is 30.9. The molecule has 2 amide bonds. The van der Waals surface area contributed by atoms with Gasteiger partial charge in [0.25, 0.3) is 0 Å². The molecule has 0 unspecified atom stereocenters. The highest BCUT2D eigenvalue weighted by molar-refractivity contribution is 5.84. The lowest BCUT2D eigenvalue weighted by atomic mass is 9.97. The van der Waals surface area contributed by atoms with Gasteiger partial charge in [-0.3, -0.25) is 9.59 Å². The van der Waals surface area contributed by atoms with Crippen molar-refractivity contribution in [3.05, 3.63) is 41.0 Å². The second kappa shape index (κ2) is 9.95. The molecule has 0 spiro atoms. The molecule has 0 N–H and O–H groups in total. The predicted molar refractivity (Wildman–Crippen MR) is 118 cm³/mol. The Kier molecular flexibility index (Phi) is 7.34. The van der Waals surface area contributed by atoms with Gasteiger partial charge in [0.1, 0.15) is 0 Å². The first-order valence-corrected chi connectivity index (χ1v) is 11.0. The monoisotopic (exact) mass is 397 g/mol. The molecular weight excluding hydrogens is 362 g/mol. The van der Waals surface area contributed by atoms with E-state index in [1.54, 1.807) is 11.8 Å². The van der Waals surface area contributed by atoms with Gasteiger partial charge >= 0.3 is 0 Å². The van der Waals surface area contributed by atoms with Crippen LogP contribution in [0.25, 0.3) is 0 Å². The van der Waals surface area contributed by atoms with Crippen molar-refractivity contribution in [1.29, 1.82) is 0 Å². The van der Waals surface area contributed by atoms with E-state index >= 15 is 0 Å². The number of hydrogen-bond acceptors (Lipinski definition) is 3. The minimum Gasteiger partial charge on any atom is -0.368 e. The zero-order chi connectivity index (χ0) is 20.8. The van der Waals surface area contributed by atoms with Crippen LogP contribution in [0.2, 0.25) is 0 Å². The van der Waals surface area contributed by atoms with Crippen LogP contribution in [-0.2, 0) is 9.59 Å². The zero-order valence-corrected chi connectivity index (χ0v) is 18.2. The molecule has 5 heteroatoms. The Hall–Kier alpha value is -2.30. The van der Waals surface area contributed by atoms with Crippen LogP contribution in [0.15, 0.2) is 29.8 Å². The summed E-state index contributed by atoms with van der Waals surface area (Å²) in [6.07, 6.45) is 8.02. The largest absolute Gasteiger partial charge is 0.368 e. The number of aryl methyl sites for hydroxylation is 1. The molecule has 1 aromatic rings. The molecule has 0 atom stereocenters. The summed E-state index contributed by atoms with van der Waals surface area (Å²) in [6, 6.07) is 6.40. The first-order valence-electron chi connectivity index (χ1n) is 11.0. The summed E-state index contributed by atoms with van der Waals surface area (Å²) in [7, 11) is 0. The summed E-state index contributed by atoms with van der Waals surface area (Å²) < 4.78 is 0. The Morgan fingerprint density at radius 1 is 1.07 bits per heavy atom. The average Bonchev–Trinajstić information content (AvgIpc) is 2.73. The maximum Gasteiger partial charge on any atom is 0.242 e. The number of carbonyl (C=O) groups excluding carboxylic acids is 2. The van der Waals surface area contributed by atoms with E-state index in [0.717, 1.165) is 32.4 Å². The van der Waals surface area contributed by atoms with E-state index in [9.17, 15) is 9.59 Å². The van der Waals surface area contributed by atoms with E-state index in [2.05, 4.69) is 43.0 Å². The molecule has 158 valence electrons. The summed E-state index contributed by atoms with van der Waals surface area (Å²) >= 11 is 0. The number of nitrogens with zero attached hydrogens (tertiary/aromatic N) is 3. The van der Waals surface area contributed by atoms with Crippen LogP contribution < -0.4 is 4.90 Å². The summed E-state index contributed by atoms with van der Waals surface area (Å²) in [6.45, 7) is 9.81. The third-order valence-electron chi connectivity index (χ3n) is 6.41. The molecule has 29 heavy (non-hydrogen) atoms. The predicted octanol–water partition coefficient (Wildman–Crippen LogP) is 3.69. The van der Waals surface area contributed by atoms with E-state index in [-0.39, 0.29) is 18.4 Å². The second-order valence-corrected chi connectivity index (χ2v) is 8.39. The fraction of sp³-hybridized carbons (Fsp3) is 0.583. The first-order chi connectivity index (χ1) is 14.0. The lowest BCUT2D eigenvalue weighted by Crippen LogP contribution is -2.52. The number of benzene rings is 1. The van der Waals surface area contributed by atoms with E-state index in [1.807, 2.05) is 4.90 Å². The zero-order valence-electron chi connectivity index (χ0n) is 18.2. The molecule has 0 bridgehead atoms. The Balaban J connectivity index is 1.51. The maximum atomic E-state index is 12.8. The average molecular weight is 398 g/mol. The minimum atomic E-state index is -0.0104. The fourth-order valence-corrected chi connectivity index (χ4v) is 4.30. The van der Waals surface area contributed by atoms with Gasteiger partial charge in [-0.25, -0.2) is 0 Å². The fourth-order valence-electron chi connectivity index (χ4n) is 4.30. The van der Waals surface area contributed by atoms with Crippen molar-refractivity contribution in [2.45, 2.75) is 52.9 Å². The number of anilines is 1. The van der Waals surface area contributed by atoms with Crippen molar-refractivity contribution >= 4 is 17.5 Å². The lowest BCUT2D eigenvalue weighted by Gasteiger charge is -2.37. The molecule has 1 aliphatic heterocycles. The topological polar surface area (TPSA) is 43.9 Å². The van der Waals surface area contributed by atoms with Crippen LogP contribution in [0.4, 0.5) is 5.69 Å². The summed E-state index contributed by atoms with van der Waals surface area (Å²) in [5.41, 5.74) is 5.32. The van der Waals surface area contributed by atoms with Gasteiger partial charge in [0, 0.05) is 45.3 Å². The van der Waals surface area contributed by atoms with Crippen molar-refractivity contribution in [3.8, 4) is 0 Å². The van der Waals surface area contributed by atoms with Gasteiger partial charge in [0.2, 0.25) is 11.8 Å². The number of allylic oxidation sites excluding steroid dienone is 1. The Morgan fingerprint density at radius 3 is 2.48 bits per heavy atom. The van der Waals surface area contributed by atoms with Crippen LogP contribution in [-0.4, -0.2) is 60.9 Å². The van der Waals surface area contributed by atoms with Crippen LogP contribution in [0, 0.1) is 13.8 Å². The number of piperazine rings is 1. The van der Waals surface area contributed by atoms with Crippen molar-refractivity contribution in [2.75, 3.05) is 44.2 Å². The highest BCUT2D eigenvalue weighted by Crippen LogP contribution is 2.24. The van der Waals surface area contributed by atoms with Gasteiger partial charge in [-0.1, -0.05) is 23.8 Å². The molecule has 0 aromatic heterocycles. The molecule has 1 fully saturated rings.